The number of piperidine rings is 1. The number of imidazole rings is 1. The van der Waals surface area contributed by atoms with E-state index in [1.807, 2.05) is 13.0 Å². The number of aromatic nitrogens is 2. The zero-order valence-corrected chi connectivity index (χ0v) is 14.4. The minimum atomic E-state index is -0.0820. The molecule has 23 heavy (non-hydrogen) atoms. The van der Waals surface area contributed by atoms with Gasteiger partial charge in [0.1, 0.15) is 11.3 Å². The molecule has 1 amide bonds. The summed E-state index contributed by atoms with van der Waals surface area (Å²) in [5, 5.41) is 3.63. The summed E-state index contributed by atoms with van der Waals surface area (Å²) in [4.78, 5) is 19.3. The number of hydrogen-bond acceptors (Lipinski definition) is 3. The second kappa shape index (κ2) is 6.89. The lowest BCUT2D eigenvalue weighted by Crippen LogP contribution is -2.34. The maximum Gasteiger partial charge on any atom is 0.270 e. The smallest absolute Gasteiger partial charge is 0.270 e. The Kier molecular flexibility index (Phi) is 4.87. The van der Waals surface area contributed by atoms with E-state index in [0.717, 1.165) is 24.3 Å². The molecule has 0 bridgehead atoms. The second-order valence-electron chi connectivity index (χ2n) is 6.44. The van der Waals surface area contributed by atoms with Crippen LogP contribution >= 0.6 is 11.6 Å². The molecule has 0 saturated carbocycles. The van der Waals surface area contributed by atoms with Gasteiger partial charge in [-0.2, -0.15) is 0 Å². The van der Waals surface area contributed by atoms with Crippen molar-refractivity contribution in [3.63, 3.8) is 0 Å². The summed E-state index contributed by atoms with van der Waals surface area (Å²) in [5.41, 5.74) is 2.04. The van der Waals surface area contributed by atoms with Gasteiger partial charge >= 0.3 is 0 Å². The van der Waals surface area contributed by atoms with E-state index in [2.05, 4.69) is 22.2 Å². The van der Waals surface area contributed by atoms with Gasteiger partial charge in [0.05, 0.1) is 10.7 Å². The Morgan fingerprint density at radius 3 is 3.09 bits per heavy atom. The number of aryl methyl sites for hydroxylation is 1. The molecule has 3 rings (SSSR count). The first-order valence-electron chi connectivity index (χ1n) is 8.15. The molecule has 5 nitrogen and oxygen atoms in total. The van der Waals surface area contributed by atoms with E-state index in [4.69, 9.17) is 11.6 Å². The van der Waals surface area contributed by atoms with Crippen LogP contribution in [0.4, 0.5) is 0 Å². The van der Waals surface area contributed by atoms with Gasteiger partial charge in [-0.05, 0) is 57.8 Å². The maximum absolute atomic E-state index is 12.5. The van der Waals surface area contributed by atoms with Gasteiger partial charge in [0, 0.05) is 19.3 Å². The van der Waals surface area contributed by atoms with E-state index in [-0.39, 0.29) is 5.91 Å². The molecule has 0 aromatic carbocycles. The molecule has 1 saturated heterocycles. The molecule has 2 aromatic heterocycles. The lowest BCUT2D eigenvalue weighted by Gasteiger charge is -2.29. The number of carbonyl (C=O) groups excluding carboxylic acids is 1. The normalized spacial score (nSPS) is 19.2. The van der Waals surface area contributed by atoms with E-state index in [0.29, 0.717) is 23.2 Å². The van der Waals surface area contributed by atoms with Crippen molar-refractivity contribution in [2.24, 2.45) is 5.92 Å². The number of hydrogen-bond donors (Lipinski definition) is 1. The summed E-state index contributed by atoms with van der Waals surface area (Å²) in [6.45, 7) is 4.86. The third-order valence-corrected chi connectivity index (χ3v) is 4.76. The van der Waals surface area contributed by atoms with Crippen LogP contribution in [0.2, 0.25) is 5.02 Å². The van der Waals surface area contributed by atoms with Gasteiger partial charge in [0.25, 0.3) is 5.91 Å². The van der Waals surface area contributed by atoms with E-state index in [9.17, 15) is 4.79 Å². The lowest BCUT2D eigenvalue weighted by atomic mass is 9.95. The average Bonchev–Trinajstić information content (AvgIpc) is 2.82. The fraction of sp³-hybridized carbons (Fsp3) is 0.529. The van der Waals surface area contributed by atoms with E-state index in [1.54, 1.807) is 16.7 Å². The van der Waals surface area contributed by atoms with Crippen LogP contribution in [0.5, 0.6) is 0 Å². The molecule has 2 aromatic rings. The first kappa shape index (κ1) is 16.3. The van der Waals surface area contributed by atoms with Gasteiger partial charge in [-0.3, -0.25) is 9.20 Å². The fourth-order valence-corrected chi connectivity index (χ4v) is 3.55. The van der Waals surface area contributed by atoms with Crippen molar-refractivity contribution < 1.29 is 4.79 Å². The van der Waals surface area contributed by atoms with Crippen molar-refractivity contribution >= 4 is 23.2 Å². The topological polar surface area (TPSA) is 49.6 Å². The number of rotatable bonds is 4. The highest BCUT2D eigenvalue weighted by Gasteiger charge is 2.19. The first-order chi connectivity index (χ1) is 11.0. The van der Waals surface area contributed by atoms with E-state index in [1.165, 1.54) is 19.4 Å². The molecule has 1 N–H and O–H groups in total. The number of nitrogens with zero attached hydrogens (tertiary/aromatic N) is 3. The Morgan fingerprint density at radius 2 is 2.30 bits per heavy atom. The molecule has 1 atom stereocenters. The SMILES string of the molecule is Cc1nc2ccc(Cl)cn2c1C(=O)NCC[C@@H]1CCCN(C)C1. The van der Waals surface area contributed by atoms with Crippen LogP contribution in [0.15, 0.2) is 18.3 Å². The van der Waals surface area contributed by atoms with Crippen LogP contribution in [0.25, 0.3) is 5.65 Å². The Bertz CT molecular complexity index is 712. The van der Waals surface area contributed by atoms with Gasteiger partial charge in [0.15, 0.2) is 0 Å². The van der Waals surface area contributed by atoms with Crippen LogP contribution in [0.3, 0.4) is 0 Å². The predicted molar refractivity (Wildman–Crippen MR) is 92.1 cm³/mol. The Labute approximate surface area is 141 Å². The molecule has 3 heterocycles. The summed E-state index contributed by atoms with van der Waals surface area (Å²) >= 11 is 6.04. The van der Waals surface area contributed by atoms with Crippen LogP contribution in [-0.4, -0.2) is 46.9 Å². The standard InChI is InChI=1S/C17H23ClN4O/c1-12-16(22-11-14(18)5-6-15(22)20-12)17(23)19-8-7-13-4-3-9-21(2)10-13/h5-6,11,13H,3-4,7-10H2,1-2H3,(H,19,23)/t13-/m0/s1. The van der Waals surface area contributed by atoms with Crippen molar-refractivity contribution in [3.05, 3.63) is 34.7 Å². The highest BCUT2D eigenvalue weighted by atomic mass is 35.5. The quantitative estimate of drug-likeness (QED) is 0.935. The van der Waals surface area contributed by atoms with Crippen LogP contribution < -0.4 is 5.32 Å². The van der Waals surface area contributed by atoms with Crippen molar-refractivity contribution in [2.75, 3.05) is 26.7 Å². The molecule has 1 aliphatic rings. The minimum Gasteiger partial charge on any atom is -0.351 e. The molecule has 1 fully saturated rings. The summed E-state index contributed by atoms with van der Waals surface area (Å²) < 4.78 is 1.77. The lowest BCUT2D eigenvalue weighted by molar-refractivity contribution is 0.0942. The third kappa shape index (κ3) is 3.67. The number of fused-ring (bicyclic) bond motifs is 1. The Hall–Kier alpha value is -1.59. The Morgan fingerprint density at radius 1 is 1.48 bits per heavy atom. The molecule has 124 valence electrons. The number of carbonyl (C=O) groups is 1. The predicted octanol–water partition coefficient (Wildman–Crippen LogP) is 2.76. The monoisotopic (exact) mass is 334 g/mol. The average molecular weight is 335 g/mol. The zero-order chi connectivity index (χ0) is 16.4. The molecular weight excluding hydrogens is 312 g/mol. The van der Waals surface area contributed by atoms with Crippen molar-refractivity contribution in [2.45, 2.75) is 26.2 Å². The summed E-state index contributed by atoms with van der Waals surface area (Å²) in [6, 6.07) is 3.61. The molecule has 0 radical (unpaired) electrons. The second-order valence-corrected chi connectivity index (χ2v) is 6.87. The number of pyridine rings is 1. The number of nitrogens with one attached hydrogen (secondary N) is 1. The van der Waals surface area contributed by atoms with Crippen molar-refractivity contribution in [3.8, 4) is 0 Å². The van der Waals surface area contributed by atoms with Gasteiger partial charge in [-0.1, -0.05) is 11.6 Å². The van der Waals surface area contributed by atoms with Gasteiger partial charge in [-0.25, -0.2) is 4.98 Å². The number of likely N-dealkylation sites (tertiary alicyclic amines) is 1. The highest BCUT2D eigenvalue weighted by Crippen LogP contribution is 2.18. The molecular formula is C17H23ClN4O. The van der Waals surface area contributed by atoms with Crippen LogP contribution in [0, 0.1) is 12.8 Å². The highest BCUT2D eigenvalue weighted by molar-refractivity contribution is 6.30. The summed E-state index contributed by atoms with van der Waals surface area (Å²) in [6.07, 6.45) is 5.26. The molecule has 6 heteroatoms. The van der Waals surface area contributed by atoms with Crippen LogP contribution in [0.1, 0.15) is 35.4 Å². The van der Waals surface area contributed by atoms with Crippen molar-refractivity contribution in [1.29, 1.82) is 0 Å². The summed E-state index contributed by atoms with van der Waals surface area (Å²) in [5.74, 6) is 0.591. The van der Waals surface area contributed by atoms with E-state index < -0.39 is 0 Å². The molecule has 0 aliphatic carbocycles. The van der Waals surface area contributed by atoms with E-state index >= 15 is 0 Å². The first-order valence-corrected chi connectivity index (χ1v) is 8.53. The minimum absolute atomic E-state index is 0.0820. The molecule has 0 spiro atoms. The largest absolute Gasteiger partial charge is 0.351 e. The zero-order valence-electron chi connectivity index (χ0n) is 13.7. The fourth-order valence-electron chi connectivity index (χ4n) is 3.39. The summed E-state index contributed by atoms with van der Waals surface area (Å²) in [7, 11) is 2.16. The van der Waals surface area contributed by atoms with Gasteiger partial charge in [0.2, 0.25) is 0 Å². The molecule has 0 unspecified atom stereocenters. The maximum atomic E-state index is 12.5. The molecule has 1 aliphatic heterocycles. The van der Waals surface area contributed by atoms with Gasteiger partial charge < -0.3 is 10.2 Å². The third-order valence-electron chi connectivity index (χ3n) is 4.53. The number of halogens is 1. The van der Waals surface area contributed by atoms with Crippen molar-refractivity contribution in [1.82, 2.24) is 19.6 Å². The number of amides is 1. The van der Waals surface area contributed by atoms with Gasteiger partial charge in [-0.15, -0.1) is 0 Å². The Balaban J connectivity index is 1.64. The van der Waals surface area contributed by atoms with Crippen LogP contribution in [-0.2, 0) is 0 Å².